The lowest BCUT2D eigenvalue weighted by Crippen LogP contribution is -2.44. The lowest BCUT2D eigenvalue weighted by molar-refractivity contribution is 0.0450. The third kappa shape index (κ3) is 6.36. The van der Waals surface area contributed by atoms with Crippen molar-refractivity contribution in [2.45, 2.75) is 18.9 Å². The Hall–Kier alpha value is -3.75. The maximum absolute atomic E-state index is 12.2. The molecule has 0 spiro atoms. The number of carbonyl (C=O) groups excluding carboxylic acids is 1. The van der Waals surface area contributed by atoms with Gasteiger partial charge in [-0.3, -0.25) is 10.8 Å². The summed E-state index contributed by atoms with van der Waals surface area (Å²) < 4.78 is 16.7. The predicted molar refractivity (Wildman–Crippen MR) is 117 cm³/mol. The third-order valence-electron chi connectivity index (χ3n) is 4.91. The van der Waals surface area contributed by atoms with Gasteiger partial charge in [0.05, 0.1) is 5.56 Å². The van der Waals surface area contributed by atoms with Crippen molar-refractivity contribution >= 4 is 17.8 Å². The molecule has 0 saturated carbocycles. The van der Waals surface area contributed by atoms with Crippen molar-refractivity contribution in [3.8, 4) is 11.5 Å². The first-order valence-electron chi connectivity index (χ1n) is 10.0. The number of nitrogens with two attached hydrogens (primary N) is 2. The van der Waals surface area contributed by atoms with Gasteiger partial charge in [0, 0.05) is 31.5 Å². The van der Waals surface area contributed by atoms with Crippen LogP contribution in [0.25, 0.3) is 0 Å². The van der Waals surface area contributed by atoms with Crippen LogP contribution in [0.1, 0.15) is 28.8 Å². The van der Waals surface area contributed by atoms with Crippen LogP contribution in [0, 0.1) is 10.8 Å². The zero-order chi connectivity index (χ0) is 22.2. The Bertz CT molecular complexity index is 924. The molecular formula is C22H27N5O4. The largest absolute Gasteiger partial charge is 0.490 e. The van der Waals surface area contributed by atoms with Crippen LogP contribution in [0.2, 0.25) is 0 Å². The minimum absolute atomic E-state index is 0.0363. The van der Waals surface area contributed by atoms with E-state index in [1.54, 1.807) is 48.5 Å². The van der Waals surface area contributed by atoms with Crippen LogP contribution in [0.4, 0.5) is 0 Å². The molecule has 0 atom stereocenters. The molecule has 0 aromatic heterocycles. The molecule has 164 valence electrons. The molecule has 31 heavy (non-hydrogen) atoms. The molecule has 1 aliphatic rings. The standard InChI is InChI=1S/C22H27N5O4/c23-20(24)16-2-1-3-19(14-16)29-12-13-30-21(28)15-4-6-17(7-5-15)31-18-8-10-27(11-9-18)22(25)26/h1-7,14,18H,8-13H2,(H3,23,24)(H3,25,26). The number of rotatable bonds is 8. The Morgan fingerprint density at radius 1 is 0.968 bits per heavy atom. The topological polar surface area (TPSA) is 148 Å². The van der Waals surface area contributed by atoms with Gasteiger partial charge in [-0.05, 0) is 36.4 Å². The Morgan fingerprint density at radius 3 is 2.32 bits per heavy atom. The fourth-order valence-electron chi connectivity index (χ4n) is 3.21. The summed E-state index contributed by atoms with van der Waals surface area (Å²) in [5.41, 5.74) is 12.0. The summed E-state index contributed by atoms with van der Waals surface area (Å²) in [4.78, 5) is 14.0. The number of nitrogen functional groups attached to an aromatic ring is 1. The van der Waals surface area contributed by atoms with E-state index in [0.29, 0.717) is 35.7 Å². The van der Waals surface area contributed by atoms with E-state index in [1.165, 1.54) is 0 Å². The van der Waals surface area contributed by atoms with E-state index in [4.69, 9.17) is 36.5 Å². The fourth-order valence-corrected chi connectivity index (χ4v) is 3.21. The number of carbonyl (C=O) groups is 1. The minimum atomic E-state index is -0.442. The van der Waals surface area contributed by atoms with Gasteiger partial charge >= 0.3 is 5.97 Å². The van der Waals surface area contributed by atoms with Crippen LogP contribution in [-0.2, 0) is 4.74 Å². The van der Waals surface area contributed by atoms with Crippen LogP contribution >= 0.6 is 0 Å². The maximum Gasteiger partial charge on any atom is 0.338 e. The number of nitrogens with one attached hydrogen (secondary N) is 2. The highest BCUT2D eigenvalue weighted by molar-refractivity contribution is 5.95. The van der Waals surface area contributed by atoms with E-state index in [1.807, 2.05) is 4.90 Å². The lowest BCUT2D eigenvalue weighted by atomic mass is 10.1. The van der Waals surface area contributed by atoms with Crippen molar-refractivity contribution in [3.63, 3.8) is 0 Å². The second-order valence-corrected chi connectivity index (χ2v) is 7.14. The number of likely N-dealkylation sites (tertiary alicyclic amines) is 1. The van der Waals surface area contributed by atoms with Gasteiger partial charge in [-0.15, -0.1) is 0 Å². The molecule has 1 aliphatic heterocycles. The Balaban J connectivity index is 1.40. The summed E-state index contributed by atoms with van der Waals surface area (Å²) in [5, 5.41) is 14.9. The Morgan fingerprint density at radius 2 is 1.68 bits per heavy atom. The molecule has 0 unspecified atom stereocenters. The number of hydrogen-bond donors (Lipinski definition) is 4. The average molecular weight is 425 g/mol. The van der Waals surface area contributed by atoms with Gasteiger partial charge in [-0.25, -0.2) is 4.79 Å². The number of hydrogen-bond acceptors (Lipinski definition) is 6. The molecule has 3 rings (SSSR count). The maximum atomic E-state index is 12.2. The van der Waals surface area contributed by atoms with E-state index in [0.717, 1.165) is 12.8 Å². The second-order valence-electron chi connectivity index (χ2n) is 7.14. The van der Waals surface area contributed by atoms with Gasteiger partial charge in [0.1, 0.15) is 36.7 Å². The van der Waals surface area contributed by atoms with Gasteiger partial charge in [0.25, 0.3) is 0 Å². The number of benzene rings is 2. The molecule has 0 radical (unpaired) electrons. The first-order valence-corrected chi connectivity index (χ1v) is 10.0. The monoisotopic (exact) mass is 425 g/mol. The van der Waals surface area contributed by atoms with Crippen molar-refractivity contribution in [2.75, 3.05) is 26.3 Å². The van der Waals surface area contributed by atoms with E-state index >= 15 is 0 Å². The number of amidine groups is 1. The molecule has 1 saturated heterocycles. The quantitative estimate of drug-likeness (QED) is 0.219. The summed E-state index contributed by atoms with van der Waals surface area (Å²) in [6, 6.07) is 13.7. The van der Waals surface area contributed by atoms with Gasteiger partial charge in [-0.1, -0.05) is 12.1 Å². The molecule has 2 aromatic rings. The highest BCUT2D eigenvalue weighted by atomic mass is 16.6. The van der Waals surface area contributed by atoms with Crippen molar-refractivity contribution in [1.29, 1.82) is 10.8 Å². The third-order valence-corrected chi connectivity index (χ3v) is 4.91. The second kappa shape index (κ2) is 10.3. The fraction of sp³-hybridized carbons (Fsp3) is 0.318. The molecule has 0 aliphatic carbocycles. The first-order chi connectivity index (χ1) is 14.9. The molecule has 6 N–H and O–H groups in total. The zero-order valence-corrected chi connectivity index (χ0v) is 17.2. The Labute approximate surface area is 180 Å². The SMILES string of the molecule is N=C(N)c1cccc(OCCOC(=O)c2ccc(OC3CCN(C(=N)N)CC3)cc2)c1. The highest BCUT2D eigenvalue weighted by Crippen LogP contribution is 2.20. The zero-order valence-electron chi connectivity index (χ0n) is 17.2. The van der Waals surface area contributed by atoms with Crippen LogP contribution in [0.5, 0.6) is 11.5 Å². The van der Waals surface area contributed by atoms with Crippen LogP contribution in [0.3, 0.4) is 0 Å². The van der Waals surface area contributed by atoms with E-state index in [2.05, 4.69) is 0 Å². The molecule has 9 nitrogen and oxygen atoms in total. The van der Waals surface area contributed by atoms with Crippen LogP contribution < -0.4 is 20.9 Å². The van der Waals surface area contributed by atoms with E-state index < -0.39 is 5.97 Å². The predicted octanol–water partition coefficient (Wildman–Crippen LogP) is 1.94. The first kappa shape index (κ1) is 21.9. The Kier molecular flexibility index (Phi) is 7.31. The molecule has 2 aromatic carbocycles. The molecule has 9 heteroatoms. The summed E-state index contributed by atoms with van der Waals surface area (Å²) in [5.74, 6) is 0.857. The molecule has 1 heterocycles. The summed E-state index contributed by atoms with van der Waals surface area (Å²) in [7, 11) is 0. The summed E-state index contributed by atoms with van der Waals surface area (Å²) in [6.07, 6.45) is 1.64. The molecule has 1 fully saturated rings. The van der Waals surface area contributed by atoms with Crippen LogP contribution in [-0.4, -0.2) is 55.1 Å². The number of guanidine groups is 1. The molecular weight excluding hydrogens is 398 g/mol. The van der Waals surface area contributed by atoms with Gasteiger partial charge in [-0.2, -0.15) is 0 Å². The number of piperidine rings is 1. The van der Waals surface area contributed by atoms with Gasteiger partial charge in [0.2, 0.25) is 0 Å². The van der Waals surface area contributed by atoms with Crippen LogP contribution in [0.15, 0.2) is 48.5 Å². The van der Waals surface area contributed by atoms with E-state index in [9.17, 15) is 4.79 Å². The number of ether oxygens (including phenoxy) is 3. The minimum Gasteiger partial charge on any atom is -0.490 e. The van der Waals surface area contributed by atoms with Crippen molar-refractivity contribution in [1.82, 2.24) is 4.90 Å². The van der Waals surface area contributed by atoms with Crippen molar-refractivity contribution in [2.24, 2.45) is 11.5 Å². The number of esters is 1. The van der Waals surface area contributed by atoms with Crippen molar-refractivity contribution < 1.29 is 19.0 Å². The van der Waals surface area contributed by atoms with Crippen molar-refractivity contribution in [3.05, 3.63) is 59.7 Å². The smallest absolute Gasteiger partial charge is 0.338 e. The average Bonchev–Trinajstić information content (AvgIpc) is 2.77. The lowest BCUT2D eigenvalue weighted by Gasteiger charge is -2.32. The summed E-state index contributed by atoms with van der Waals surface area (Å²) >= 11 is 0. The number of nitrogens with zero attached hydrogens (tertiary/aromatic N) is 1. The van der Waals surface area contributed by atoms with Gasteiger partial charge < -0.3 is 30.6 Å². The summed E-state index contributed by atoms with van der Waals surface area (Å²) in [6.45, 7) is 1.68. The molecule has 0 amide bonds. The normalized spacial score (nSPS) is 14.0. The van der Waals surface area contributed by atoms with Gasteiger partial charge in [0.15, 0.2) is 5.96 Å². The highest BCUT2D eigenvalue weighted by Gasteiger charge is 2.21. The van der Waals surface area contributed by atoms with E-state index in [-0.39, 0.29) is 31.1 Å². The molecule has 0 bridgehead atoms.